The maximum Gasteiger partial charge on any atom is 0.0772 e. The van der Waals surface area contributed by atoms with Crippen LogP contribution in [0.3, 0.4) is 0 Å². The summed E-state index contributed by atoms with van der Waals surface area (Å²) in [7, 11) is 1.80. The van der Waals surface area contributed by atoms with Crippen LogP contribution in [0.2, 0.25) is 5.02 Å². The summed E-state index contributed by atoms with van der Waals surface area (Å²) >= 11 is 6.13. The standard InChI is InChI=1S/C16H25ClN2O/c1-11-6-7-19(10-16(11)20-3)15-5-4-14(17)9-13(15)8-12(2)18/h4-5,9,11-12,16H,6-8,10,18H2,1-3H3. The highest BCUT2D eigenvalue weighted by atomic mass is 35.5. The summed E-state index contributed by atoms with van der Waals surface area (Å²) in [5.74, 6) is 0.612. The van der Waals surface area contributed by atoms with E-state index >= 15 is 0 Å². The van der Waals surface area contributed by atoms with Crippen LogP contribution in [-0.4, -0.2) is 32.3 Å². The van der Waals surface area contributed by atoms with Gasteiger partial charge in [0.15, 0.2) is 0 Å². The second-order valence-electron chi connectivity index (χ2n) is 5.94. The Labute approximate surface area is 127 Å². The van der Waals surface area contributed by atoms with E-state index in [1.807, 2.05) is 19.1 Å². The fraction of sp³-hybridized carbons (Fsp3) is 0.625. The van der Waals surface area contributed by atoms with Crippen molar-refractivity contribution in [3.8, 4) is 0 Å². The average molecular weight is 297 g/mol. The molecule has 1 heterocycles. The maximum absolute atomic E-state index is 6.13. The number of anilines is 1. The molecule has 3 unspecified atom stereocenters. The normalized spacial score (nSPS) is 24.8. The Morgan fingerprint density at radius 2 is 2.25 bits per heavy atom. The number of ether oxygens (including phenoxy) is 1. The first-order valence-electron chi connectivity index (χ1n) is 7.33. The molecule has 0 spiro atoms. The summed E-state index contributed by atoms with van der Waals surface area (Å²) in [4.78, 5) is 2.40. The van der Waals surface area contributed by atoms with Crippen LogP contribution in [0.1, 0.15) is 25.8 Å². The SMILES string of the molecule is COC1CN(c2ccc(Cl)cc2CC(C)N)CCC1C. The predicted octanol–water partition coefficient (Wildman–Crippen LogP) is 3.09. The topological polar surface area (TPSA) is 38.5 Å². The van der Waals surface area contributed by atoms with Gasteiger partial charge in [0.1, 0.15) is 0 Å². The molecular formula is C16H25ClN2O. The molecule has 1 fully saturated rings. The highest BCUT2D eigenvalue weighted by molar-refractivity contribution is 6.30. The smallest absolute Gasteiger partial charge is 0.0772 e. The molecule has 4 heteroatoms. The van der Waals surface area contributed by atoms with Crippen molar-refractivity contribution < 1.29 is 4.74 Å². The lowest BCUT2D eigenvalue weighted by molar-refractivity contribution is 0.0498. The first kappa shape index (κ1) is 15.6. The molecule has 20 heavy (non-hydrogen) atoms. The summed E-state index contributed by atoms with van der Waals surface area (Å²) < 4.78 is 5.61. The Morgan fingerprint density at radius 1 is 1.50 bits per heavy atom. The highest BCUT2D eigenvalue weighted by Crippen LogP contribution is 2.30. The lowest BCUT2D eigenvalue weighted by atomic mass is 9.94. The van der Waals surface area contributed by atoms with E-state index in [-0.39, 0.29) is 6.04 Å². The van der Waals surface area contributed by atoms with Crippen molar-refractivity contribution in [2.45, 2.75) is 38.8 Å². The van der Waals surface area contributed by atoms with Crippen LogP contribution >= 0.6 is 11.6 Å². The van der Waals surface area contributed by atoms with Crippen molar-refractivity contribution in [2.75, 3.05) is 25.1 Å². The van der Waals surface area contributed by atoms with Gasteiger partial charge in [0.2, 0.25) is 0 Å². The predicted molar refractivity (Wildman–Crippen MR) is 85.6 cm³/mol. The first-order valence-corrected chi connectivity index (χ1v) is 7.70. The van der Waals surface area contributed by atoms with Crippen molar-refractivity contribution in [2.24, 2.45) is 11.7 Å². The van der Waals surface area contributed by atoms with Gasteiger partial charge in [-0.1, -0.05) is 18.5 Å². The molecule has 1 aliphatic heterocycles. The number of benzene rings is 1. The van der Waals surface area contributed by atoms with Crippen LogP contribution in [0, 0.1) is 5.92 Å². The number of halogens is 1. The number of methoxy groups -OCH3 is 1. The van der Waals surface area contributed by atoms with Gasteiger partial charge >= 0.3 is 0 Å². The number of nitrogens with zero attached hydrogens (tertiary/aromatic N) is 1. The van der Waals surface area contributed by atoms with Gasteiger partial charge < -0.3 is 15.4 Å². The lowest BCUT2D eigenvalue weighted by Crippen LogP contribution is -2.44. The van der Waals surface area contributed by atoms with E-state index in [0.717, 1.165) is 31.0 Å². The zero-order valence-electron chi connectivity index (χ0n) is 12.6. The third-order valence-electron chi connectivity index (χ3n) is 4.12. The fourth-order valence-electron chi connectivity index (χ4n) is 2.93. The van der Waals surface area contributed by atoms with Crippen LogP contribution in [0.4, 0.5) is 5.69 Å². The van der Waals surface area contributed by atoms with Crippen LogP contribution < -0.4 is 10.6 Å². The molecule has 112 valence electrons. The van der Waals surface area contributed by atoms with Crippen LogP contribution in [0.5, 0.6) is 0 Å². The molecule has 1 aromatic carbocycles. The molecule has 2 N–H and O–H groups in total. The molecule has 0 aliphatic carbocycles. The third kappa shape index (κ3) is 3.66. The Morgan fingerprint density at radius 3 is 2.90 bits per heavy atom. The van der Waals surface area contributed by atoms with Crippen LogP contribution in [-0.2, 0) is 11.2 Å². The van der Waals surface area contributed by atoms with Crippen molar-refractivity contribution >= 4 is 17.3 Å². The van der Waals surface area contributed by atoms with Gasteiger partial charge in [-0.3, -0.25) is 0 Å². The van der Waals surface area contributed by atoms with E-state index in [1.54, 1.807) is 7.11 Å². The van der Waals surface area contributed by atoms with E-state index in [0.29, 0.717) is 12.0 Å². The average Bonchev–Trinajstić information content (AvgIpc) is 2.39. The molecule has 2 rings (SSSR count). The number of rotatable bonds is 4. The molecule has 3 atom stereocenters. The number of hydrogen-bond acceptors (Lipinski definition) is 3. The van der Waals surface area contributed by atoms with Gasteiger partial charge in [0, 0.05) is 37.0 Å². The number of hydrogen-bond donors (Lipinski definition) is 1. The molecule has 0 bridgehead atoms. The summed E-state index contributed by atoms with van der Waals surface area (Å²) in [5.41, 5.74) is 8.45. The molecule has 1 aliphatic rings. The molecule has 0 radical (unpaired) electrons. The largest absolute Gasteiger partial charge is 0.379 e. The Hall–Kier alpha value is -0.770. The van der Waals surface area contributed by atoms with Gasteiger partial charge in [0.05, 0.1) is 6.10 Å². The van der Waals surface area contributed by atoms with Gasteiger partial charge in [-0.25, -0.2) is 0 Å². The van der Waals surface area contributed by atoms with Crippen molar-refractivity contribution in [3.05, 3.63) is 28.8 Å². The molecule has 1 aromatic rings. The Bertz CT molecular complexity index is 450. The molecular weight excluding hydrogens is 272 g/mol. The van der Waals surface area contributed by atoms with E-state index < -0.39 is 0 Å². The highest BCUT2D eigenvalue weighted by Gasteiger charge is 2.27. The minimum absolute atomic E-state index is 0.133. The van der Waals surface area contributed by atoms with E-state index in [1.165, 1.54) is 11.3 Å². The van der Waals surface area contributed by atoms with E-state index in [2.05, 4.69) is 17.9 Å². The second kappa shape index (κ2) is 6.79. The van der Waals surface area contributed by atoms with Crippen LogP contribution in [0.25, 0.3) is 0 Å². The Balaban J connectivity index is 2.23. The summed E-state index contributed by atoms with van der Waals surface area (Å²) in [6.45, 7) is 6.29. The van der Waals surface area contributed by atoms with E-state index in [9.17, 15) is 0 Å². The van der Waals surface area contributed by atoms with Crippen molar-refractivity contribution in [1.82, 2.24) is 0 Å². The molecule has 3 nitrogen and oxygen atoms in total. The van der Waals surface area contributed by atoms with Gasteiger partial charge in [0.25, 0.3) is 0 Å². The summed E-state index contributed by atoms with van der Waals surface area (Å²) in [5, 5.41) is 0.776. The third-order valence-corrected chi connectivity index (χ3v) is 4.35. The Kier molecular flexibility index (Phi) is 5.30. The van der Waals surface area contributed by atoms with Gasteiger partial charge in [-0.05, 0) is 49.4 Å². The van der Waals surface area contributed by atoms with Gasteiger partial charge in [-0.15, -0.1) is 0 Å². The lowest BCUT2D eigenvalue weighted by Gasteiger charge is -2.38. The minimum Gasteiger partial charge on any atom is -0.379 e. The molecule has 1 saturated heterocycles. The summed E-state index contributed by atoms with van der Waals surface area (Å²) in [6, 6.07) is 6.25. The second-order valence-corrected chi connectivity index (χ2v) is 6.38. The number of piperidine rings is 1. The quantitative estimate of drug-likeness (QED) is 0.928. The fourth-order valence-corrected chi connectivity index (χ4v) is 3.13. The molecule has 0 amide bonds. The number of nitrogens with two attached hydrogens (primary N) is 1. The van der Waals surface area contributed by atoms with Crippen LogP contribution in [0.15, 0.2) is 18.2 Å². The van der Waals surface area contributed by atoms with Gasteiger partial charge in [-0.2, -0.15) is 0 Å². The molecule has 0 aromatic heterocycles. The van der Waals surface area contributed by atoms with Crippen molar-refractivity contribution in [1.29, 1.82) is 0 Å². The monoisotopic (exact) mass is 296 g/mol. The maximum atomic E-state index is 6.13. The van der Waals surface area contributed by atoms with Crippen molar-refractivity contribution in [3.63, 3.8) is 0 Å². The van der Waals surface area contributed by atoms with E-state index in [4.69, 9.17) is 22.1 Å². The first-order chi connectivity index (χ1) is 9.51. The minimum atomic E-state index is 0.133. The zero-order valence-corrected chi connectivity index (χ0v) is 13.4. The molecule has 0 saturated carbocycles. The summed E-state index contributed by atoms with van der Waals surface area (Å²) in [6.07, 6.45) is 2.29. The zero-order chi connectivity index (χ0) is 14.7.